The van der Waals surface area contributed by atoms with Gasteiger partial charge in [0, 0.05) is 6.54 Å². The molecule has 0 aromatic heterocycles. The topological polar surface area (TPSA) is 77.2 Å². The van der Waals surface area contributed by atoms with Gasteiger partial charge in [0.15, 0.2) is 6.54 Å². The number of hydrogen-bond acceptors (Lipinski definition) is 4. The van der Waals surface area contributed by atoms with Gasteiger partial charge in [-0.3, -0.25) is 0 Å². The largest absolute Gasteiger partial charge is 0.395 e. The van der Waals surface area contributed by atoms with Crippen molar-refractivity contribution in [1.82, 2.24) is 5.32 Å². The van der Waals surface area contributed by atoms with E-state index in [4.69, 9.17) is 15.5 Å². The zero-order valence-electron chi connectivity index (χ0n) is 5.17. The fourth-order valence-corrected chi connectivity index (χ4v) is 0.404. The van der Waals surface area contributed by atoms with E-state index in [9.17, 15) is 0 Å². The van der Waals surface area contributed by atoms with Crippen LogP contribution in [0.2, 0.25) is 0 Å². The SMILES string of the molecule is OCCNCC[NH+](O)O. The van der Waals surface area contributed by atoms with Crippen molar-refractivity contribution in [2.75, 3.05) is 26.2 Å². The second-order valence-electron chi connectivity index (χ2n) is 1.64. The molecule has 0 fully saturated rings. The number of hydrogen-bond donors (Lipinski definition) is 5. The van der Waals surface area contributed by atoms with Crippen molar-refractivity contribution in [2.24, 2.45) is 0 Å². The lowest BCUT2D eigenvalue weighted by molar-refractivity contribution is -1.24. The highest BCUT2D eigenvalue weighted by molar-refractivity contribution is 4.39. The number of aliphatic hydroxyl groups excluding tert-OH is 1. The molecule has 0 aliphatic carbocycles. The van der Waals surface area contributed by atoms with Crippen LogP contribution in [0.4, 0.5) is 0 Å². The third-order valence-corrected chi connectivity index (χ3v) is 0.814. The highest BCUT2D eigenvalue weighted by atomic mass is 16.8. The van der Waals surface area contributed by atoms with Gasteiger partial charge >= 0.3 is 0 Å². The third kappa shape index (κ3) is 7.80. The lowest BCUT2D eigenvalue weighted by Gasteiger charge is -2.01. The average Bonchev–Trinajstić information content (AvgIpc) is 1.80. The van der Waals surface area contributed by atoms with Gasteiger partial charge in [0.05, 0.1) is 13.2 Å². The van der Waals surface area contributed by atoms with Gasteiger partial charge in [-0.1, -0.05) is 5.23 Å². The molecule has 0 atom stereocenters. The Morgan fingerprint density at radius 3 is 2.33 bits per heavy atom. The molecule has 5 heteroatoms. The molecular formula is C4H13N2O3+. The van der Waals surface area contributed by atoms with Gasteiger partial charge in [0.2, 0.25) is 0 Å². The first-order valence-electron chi connectivity index (χ1n) is 2.82. The van der Waals surface area contributed by atoms with E-state index in [0.29, 0.717) is 13.1 Å². The molecular weight excluding hydrogens is 124 g/mol. The van der Waals surface area contributed by atoms with Crippen LogP contribution in [0.3, 0.4) is 0 Å². The number of hydroxylamine groups is 2. The first-order chi connectivity index (χ1) is 4.27. The Bertz CT molecular complexity index is 59.8. The van der Waals surface area contributed by atoms with Gasteiger partial charge in [0.25, 0.3) is 0 Å². The summed E-state index contributed by atoms with van der Waals surface area (Å²) in [6.07, 6.45) is 0. The standard InChI is InChI=1S/C4H12N2O3/c7-4-2-5-1-3-6(8)9/h5,7-9H,1-4H2/p+1. The van der Waals surface area contributed by atoms with E-state index in [0.717, 1.165) is 0 Å². The van der Waals surface area contributed by atoms with Gasteiger partial charge in [-0.25, -0.2) is 0 Å². The van der Waals surface area contributed by atoms with Crippen LogP contribution in [0.5, 0.6) is 0 Å². The Morgan fingerprint density at radius 2 is 1.89 bits per heavy atom. The molecule has 0 spiro atoms. The van der Waals surface area contributed by atoms with Gasteiger partial charge in [-0.15, -0.1) is 0 Å². The third-order valence-electron chi connectivity index (χ3n) is 0.814. The highest BCUT2D eigenvalue weighted by Gasteiger charge is 1.94. The van der Waals surface area contributed by atoms with Crippen molar-refractivity contribution < 1.29 is 20.7 Å². The van der Waals surface area contributed by atoms with E-state index in [1.165, 1.54) is 0 Å². The second kappa shape index (κ2) is 5.93. The summed E-state index contributed by atoms with van der Waals surface area (Å²) in [5.74, 6) is 0. The van der Waals surface area contributed by atoms with Crippen molar-refractivity contribution in [3.63, 3.8) is 0 Å². The summed E-state index contributed by atoms with van der Waals surface area (Å²) in [4.78, 5) is 0. The van der Waals surface area contributed by atoms with E-state index in [-0.39, 0.29) is 13.2 Å². The van der Waals surface area contributed by atoms with Crippen LogP contribution in [0.1, 0.15) is 0 Å². The predicted molar refractivity (Wildman–Crippen MR) is 29.4 cm³/mol. The Labute approximate surface area is 53.4 Å². The summed E-state index contributed by atoms with van der Waals surface area (Å²) >= 11 is 0. The summed E-state index contributed by atoms with van der Waals surface area (Å²) in [5, 5.41) is 26.9. The molecule has 0 saturated carbocycles. The van der Waals surface area contributed by atoms with Gasteiger partial charge < -0.3 is 10.4 Å². The molecule has 56 valence electrons. The van der Waals surface area contributed by atoms with Crippen LogP contribution in [0.15, 0.2) is 0 Å². The van der Waals surface area contributed by atoms with Gasteiger partial charge in [-0.05, 0) is 0 Å². The normalized spacial score (nSPS) is 10.7. The Hall–Kier alpha value is -0.200. The Balaban J connectivity index is 2.75. The number of nitrogens with one attached hydrogen (secondary N) is 2. The van der Waals surface area contributed by atoms with Gasteiger partial charge in [0.1, 0.15) is 0 Å². The van der Waals surface area contributed by atoms with E-state index in [1.54, 1.807) is 0 Å². The minimum atomic E-state index is -0.569. The summed E-state index contributed by atoms with van der Waals surface area (Å²) in [6.45, 7) is 1.28. The zero-order valence-corrected chi connectivity index (χ0v) is 5.17. The zero-order chi connectivity index (χ0) is 7.11. The molecule has 0 radical (unpaired) electrons. The first-order valence-corrected chi connectivity index (χ1v) is 2.82. The summed E-state index contributed by atoms with van der Waals surface area (Å²) < 4.78 is 0. The fourth-order valence-electron chi connectivity index (χ4n) is 0.404. The molecule has 0 unspecified atom stereocenters. The smallest absolute Gasteiger partial charge is 0.152 e. The first kappa shape index (κ1) is 8.80. The lowest BCUT2D eigenvalue weighted by atomic mass is 10.6. The van der Waals surface area contributed by atoms with E-state index in [1.807, 2.05) is 0 Å². The van der Waals surface area contributed by atoms with Crippen molar-refractivity contribution >= 4 is 0 Å². The molecule has 5 N–H and O–H groups in total. The molecule has 0 amide bonds. The van der Waals surface area contributed by atoms with Gasteiger partial charge in [-0.2, -0.15) is 10.4 Å². The van der Waals surface area contributed by atoms with Crippen LogP contribution >= 0.6 is 0 Å². The molecule has 0 aromatic carbocycles. The van der Waals surface area contributed by atoms with Crippen molar-refractivity contribution in [3.8, 4) is 0 Å². The van der Waals surface area contributed by atoms with E-state index in [2.05, 4.69) is 5.32 Å². The highest BCUT2D eigenvalue weighted by Crippen LogP contribution is 1.52. The molecule has 0 aromatic rings. The monoisotopic (exact) mass is 137 g/mol. The Kier molecular flexibility index (Phi) is 5.80. The number of quaternary nitrogens is 1. The molecule has 5 nitrogen and oxygen atoms in total. The second-order valence-corrected chi connectivity index (χ2v) is 1.64. The fraction of sp³-hybridized carbons (Fsp3) is 1.00. The van der Waals surface area contributed by atoms with Crippen LogP contribution in [0.25, 0.3) is 0 Å². The van der Waals surface area contributed by atoms with Crippen LogP contribution in [-0.4, -0.2) is 41.8 Å². The minimum absolute atomic E-state index is 0.0756. The maximum absolute atomic E-state index is 8.24. The number of rotatable bonds is 5. The maximum atomic E-state index is 8.24. The maximum Gasteiger partial charge on any atom is 0.152 e. The van der Waals surface area contributed by atoms with Crippen molar-refractivity contribution in [3.05, 3.63) is 0 Å². The molecule has 9 heavy (non-hydrogen) atoms. The van der Waals surface area contributed by atoms with E-state index < -0.39 is 5.23 Å². The quantitative estimate of drug-likeness (QED) is 0.210. The molecule has 0 aliphatic rings. The minimum Gasteiger partial charge on any atom is -0.395 e. The summed E-state index contributed by atoms with van der Waals surface area (Å²) in [6, 6.07) is 0. The van der Waals surface area contributed by atoms with Crippen LogP contribution < -0.4 is 10.5 Å². The molecule has 0 saturated heterocycles. The van der Waals surface area contributed by atoms with Crippen molar-refractivity contribution in [1.29, 1.82) is 0 Å². The predicted octanol–water partition coefficient (Wildman–Crippen LogP) is -2.77. The lowest BCUT2D eigenvalue weighted by Crippen LogP contribution is -3.08. The van der Waals surface area contributed by atoms with E-state index >= 15 is 0 Å². The van der Waals surface area contributed by atoms with Crippen molar-refractivity contribution in [2.45, 2.75) is 0 Å². The summed E-state index contributed by atoms with van der Waals surface area (Å²) in [5.41, 5.74) is 0. The average molecular weight is 137 g/mol. The molecule has 0 heterocycles. The Morgan fingerprint density at radius 1 is 1.22 bits per heavy atom. The number of aliphatic hydroxyl groups is 1. The molecule has 0 aliphatic heterocycles. The van der Waals surface area contributed by atoms with Crippen LogP contribution in [0, 0.1) is 0 Å². The molecule has 0 rings (SSSR count). The van der Waals surface area contributed by atoms with Crippen LogP contribution in [-0.2, 0) is 0 Å². The molecule has 0 bridgehead atoms. The summed E-state index contributed by atoms with van der Waals surface area (Å²) in [7, 11) is 0.